The molecule has 0 heterocycles. The average Bonchev–Trinajstić information content (AvgIpc) is 3.41. The molecule has 0 radical (unpaired) electrons. The highest BCUT2D eigenvalue weighted by molar-refractivity contribution is 5.71. The van der Waals surface area contributed by atoms with Crippen molar-refractivity contribution >= 4 is 17.9 Å². The molecule has 6 nitrogen and oxygen atoms in total. The van der Waals surface area contributed by atoms with Gasteiger partial charge in [0.05, 0.1) is 0 Å². The molecule has 0 saturated heterocycles. The Kier molecular flexibility index (Phi) is 59.8. The topological polar surface area (TPSA) is 78.9 Å². The van der Waals surface area contributed by atoms with Gasteiger partial charge in [-0.15, -0.1) is 0 Å². The second-order valence-electron chi connectivity index (χ2n) is 20.9. The number of hydrogen-bond acceptors (Lipinski definition) is 6. The van der Waals surface area contributed by atoms with Crippen LogP contribution >= 0.6 is 0 Å². The monoisotopic (exact) mass is 1040 g/mol. The van der Waals surface area contributed by atoms with E-state index < -0.39 is 6.10 Å². The highest BCUT2D eigenvalue weighted by Crippen LogP contribution is 2.16. The quantitative estimate of drug-likeness (QED) is 0.0261. The van der Waals surface area contributed by atoms with Gasteiger partial charge in [-0.3, -0.25) is 14.4 Å². The maximum absolute atomic E-state index is 12.8. The first-order valence-electron chi connectivity index (χ1n) is 31.7. The van der Waals surface area contributed by atoms with E-state index in [-0.39, 0.29) is 37.5 Å². The van der Waals surface area contributed by atoms with Gasteiger partial charge in [-0.2, -0.15) is 0 Å². The molecule has 0 aliphatic heterocycles. The molecule has 1 unspecified atom stereocenters. The Hall–Kier alpha value is -3.67. The maximum atomic E-state index is 12.8. The molecule has 0 fully saturated rings. The molecular formula is C69H118O6. The zero-order chi connectivity index (χ0) is 54.3. The summed E-state index contributed by atoms with van der Waals surface area (Å²) in [5.41, 5.74) is 0. The third-order valence-electron chi connectivity index (χ3n) is 13.6. The first kappa shape index (κ1) is 71.3. The minimum absolute atomic E-state index is 0.0935. The van der Waals surface area contributed by atoms with Gasteiger partial charge in [-0.05, 0) is 103 Å². The standard InChI is InChI=1S/C69H118O6/c1-4-7-10-13-15-17-19-21-23-25-27-29-30-31-32-33-34-35-36-37-38-40-41-43-45-47-49-51-53-56-59-62-68(71)74-65-66(64-73-67(70)61-58-55-12-9-6-3)75-69(72)63-60-57-54-52-50-48-46-44-42-39-28-26-24-22-20-18-16-14-11-8-5-2/h8,11,16,18-19,21-22,24-25,27-28,39,44,46,50,52,66H,4-7,9-10,12-15,17,20,23,26,29-38,40-43,45,47-49,51,53-65H2,1-3H3/b11-8-,18-16-,21-19-,24-22-,27-25-,39-28-,46-44-,52-50-. The van der Waals surface area contributed by atoms with E-state index in [1.54, 1.807) is 0 Å². The molecule has 1 atom stereocenters. The molecule has 0 aromatic carbocycles. The summed E-state index contributed by atoms with van der Waals surface area (Å²) in [5, 5.41) is 0. The first-order chi connectivity index (χ1) is 37.0. The molecular weight excluding hydrogens is 925 g/mol. The van der Waals surface area contributed by atoms with Gasteiger partial charge in [0.1, 0.15) is 13.2 Å². The van der Waals surface area contributed by atoms with Crippen molar-refractivity contribution < 1.29 is 28.6 Å². The minimum atomic E-state index is -0.797. The van der Waals surface area contributed by atoms with Crippen molar-refractivity contribution in [3.05, 3.63) is 97.2 Å². The van der Waals surface area contributed by atoms with Crippen LogP contribution in [0.5, 0.6) is 0 Å². The van der Waals surface area contributed by atoms with E-state index in [9.17, 15) is 14.4 Å². The fraction of sp³-hybridized carbons (Fsp3) is 0.725. The van der Waals surface area contributed by atoms with E-state index in [2.05, 4.69) is 118 Å². The normalized spacial score (nSPS) is 12.7. The SMILES string of the molecule is CC/C=C\C/C=C\C/C=C\C/C=C\C/C=C\C/C=C\CCCCC(=O)OC(COC(=O)CCCCCCC)COC(=O)CCCCCCCCCCCCCCCCCCCCC/C=C\C/C=C\CCCCCCC. The van der Waals surface area contributed by atoms with Crippen LogP contribution in [-0.4, -0.2) is 37.2 Å². The molecule has 0 rings (SSSR count). The number of hydrogen-bond donors (Lipinski definition) is 0. The number of carbonyl (C=O) groups excluding carboxylic acids is 3. The second kappa shape index (κ2) is 62.9. The number of unbranched alkanes of at least 4 members (excludes halogenated alkanes) is 30. The number of esters is 3. The number of ether oxygens (including phenoxy) is 3. The predicted octanol–water partition coefficient (Wildman–Crippen LogP) is 21.7. The van der Waals surface area contributed by atoms with Crippen LogP contribution in [0.15, 0.2) is 97.2 Å². The molecule has 75 heavy (non-hydrogen) atoms. The van der Waals surface area contributed by atoms with E-state index in [0.717, 1.165) is 109 Å². The van der Waals surface area contributed by atoms with Crippen molar-refractivity contribution in [2.45, 2.75) is 309 Å². The van der Waals surface area contributed by atoms with Crippen LogP contribution < -0.4 is 0 Å². The van der Waals surface area contributed by atoms with Gasteiger partial charge in [-0.1, -0.05) is 279 Å². The number of allylic oxidation sites excluding steroid dienone is 16. The number of rotatable bonds is 57. The second-order valence-corrected chi connectivity index (χ2v) is 20.9. The van der Waals surface area contributed by atoms with Crippen molar-refractivity contribution in [3.8, 4) is 0 Å². The molecule has 0 spiro atoms. The van der Waals surface area contributed by atoms with Gasteiger partial charge >= 0.3 is 17.9 Å². The van der Waals surface area contributed by atoms with Gasteiger partial charge in [0.25, 0.3) is 0 Å². The van der Waals surface area contributed by atoms with Crippen LogP contribution in [0.4, 0.5) is 0 Å². The summed E-state index contributed by atoms with van der Waals surface area (Å²) in [6, 6.07) is 0. The largest absolute Gasteiger partial charge is 0.462 e. The Bertz CT molecular complexity index is 1480. The van der Waals surface area contributed by atoms with E-state index in [1.165, 1.54) is 148 Å². The lowest BCUT2D eigenvalue weighted by Crippen LogP contribution is -2.30. The fourth-order valence-electron chi connectivity index (χ4n) is 8.83. The summed E-state index contributed by atoms with van der Waals surface area (Å²) in [4.78, 5) is 37.9. The first-order valence-corrected chi connectivity index (χ1v) is 31.7. The van der Waals surface area contributed by atoms with Crippen molar-refractivity contribution in [3.63, 3.8) is 0 Å². The molecule has 0 bridgehead atoms. The Morgan fingerprint density at radius 2 is 0.520 bits per heavy atom. The molecule has 0 aromatic rings. The Balaban J connectivity index is 4.04. The zero-order valence-corrected chi connectivity index (χ0v) is 49.3. The number of carbonyl (C=O) groups is 3. The predicted molar refractivity (Wildman–Crippen MR) is 325 cm³/mol. The zero-order valence-electron chi connectivity index (χ0n) is 49.3. The van der Waals surface area contributed by atoms with E-state index >= 15 is 0 Å². The van der Waals surface area contributed by atoms with E-state index in [1.807, 2.05) is 0 Å². The Morgan fingerprint density at radius 1 is 0.280 bits per heavy atom. The summed E-state index contributed by atoms with van der Waals surface area (Å²) in [5.74, 6) is -0.945. The van der Waals surface area contributed by atoms with Crippen LogP contribution in [0.3, 0.4) is 0 Å². The van der Waals surface area contributed by atoms with Gasteiger partial charge in [-0.25, -0.2) is 0 Å². The lowest BCUT2D eigenvalue weighted by atomic mass is 10.0. The third kappa shape index (κ3) is 61.1. The fourth-order valence-corrected chi connectivity index (χ4v) is 8.83. The highest BCUT2D eigenvalue weighted by atomic mass is 16.6. The smallest absolute Gasteiger partial charge is 0.306 e. The average molecular weight is 1040 g/mol. The summed E-state index contributed by atoms with van der Waals surface area (Å²) < 4.78 is 16.7. The molecule has 0 amide bonds. The van der Waals surface area contributed by atoms with Crippen molar-refractivity contribution in [2.75, 3.05) is 13.2 Å². The summed E-state index contributed by atoms with van der Waals surface area (Å²) >= 11 is 0. The molecule has 0 N–H and O–H groups in total. The lowest BCUT2D eigenvalue weighted by molar-refractivity contribution is -0.167. The van der Waals surface area contributed by atoms with E-state index in [0.29, 0.717) is 19.3 Å². The molecule has 0 aromatic heterocycles. The van der Waals surface area contributed by atoms with Gasteiger partial charge in [0.15, 0.2) is 6.10 Å². The van der Waals surface area contributed by atoms with Crippen molar-refractivity contribution in [1.82, 2.24) is 0 Å². The Labute approximate surface area is 464 Å². The van der Waals surface area contributed by atoms with E-state index in [4.69, 9.17) is 14.2 Å². The van der Waals surface area contributed by atoms with Gasteiger partial charge in [0, 0.05) is 19.3 Å². The Morgan fingerprint density at radius 3 is 0.840 bits per heavy atom. The minimum Gasteiger partial charge on any atom is -0.462 e. The highest BCUT2D eigenvalue weighted by Gasteiger charge is 2.19. The van der Waals surface area contributed by atoms with Crippen LogP contribution in [0.2, 0.25) is 0 Å². The van der Waals surface area contributed by atoms with Gasteiger partial charge < -0.3 is 14.2 Å². The van der Waals surface area contributed by atoms with Crippen LogP contribution in [0.25, 0.3) is 0 Å². The summed E-state index contributed by atoms with van der Waals surface area (Å²) in [6.07, 6.45) is 84.8. The molecule has 6 heteroatoms. The van der Waals surface area contributed by atoms with Crippen molar-refractivity contribution in [1.29, 1.82) is 0 Å². The summed E-state index contributed by atoms with van der Waals surface area (Å²) in [7, 11) is 0. The maximum Gasteiger partial charge on any atom is 0.306 e. The van der Waals surface area contributed by atoms with Crippen molar-refractivity contribution in [2.24, 2.45) is 0 Å². The lowest BCUT2D eigenvalue weighted by Gasteiger charge is -2.18. The third-order valence-corrected chi connectivity index (χ3v) is 13.6. The van der Waals surface area contributed by atoms with Crippen LogP contribution in [-0.2, 0) is 28.6 Å². The van der Waals surface area contributed by atoms with Gasteiger partial charge in [0.2, 0.25) is 0 Å². The molecule has 430 valence electrons. The molecule has 0 aliphatic carbocycles. The van der Waals surface area contributed by atoms with Crippen LogP contribution in [0.1, 0.15) is 303 Å². The summed E-state index contributed by atoms with van der Waals surface area (Å²) in [6.45, 7) is 6.41. The molecule has 0 saturated carbocycles. The molecule has 0 aliphatic rings. The van der Waals surface area contributed by atoms with Crippen LogP contribution in [0, 0.1) is 0 Å².